The Morgan fingerprint density at radius 3 is 2.67 bits per heavy atom. The molecule has 0 aliphatic heterocycles. The van der Waals surface area contributed by atoms with E-state index < -0.39 is 0 Å². The highest BCUT2D eigenvalue weighted by molar-refractivity contribution is 9.10. The number of hydrogen-bond donors (Lipinski definition) is 1. The quantitative estimate of drug-likeness (QED) is 0.941. The van der Waals surface area contributed by atoms with Crippen molar-refractivity contribution in [1.29, 1.82) is 5.26 Å². The minimum atomic E-state index is 0.677. The van der Waals surface area contributed by atoms with Gasteiger partial charge in [-0.25, -0.2) is 4.98 Å². The lowest BCUT2D eigenvalue weighted by Crippen LogP contribution is -2.03. The van der Waals surface area contributed by atoms with Crippen molar-refractivity contribution in [2.24, 2.45) is 0 Å². The van der Waals surface area contributed by atoms with E-state index in [0.29, 0.717) is 12.1 Å². The summed E-state index contributed by atoms with van der Waals surface area (Å²) in [6.07, 6.45) is 1.77. The predicted octanol–water partition coefficient (Wildman–Crippen LogP) is 3.64. The zero-order valence-corrected chi connectivity index (χ0v) is 11.5. The molecule has 4 heteroatoms. The van der Waals surface area contributed by atoms with E-state index in [9.17, 15) is 0 Å². The highest BCUT2D eigenvalue weighted by Crippen LogP contribution is 2.17. The van der Waals surface area contributed by atoms with Gasteiger partial charge in [0.2, 0.25) is 0 Å². The Morgan fingerprint density at radius 2 is 2.06 bits per heavy atom. The molecule has 2 rings (SSSR count). The van der Waals surface area contributed by atoms with Gasteiger partial charge in [-0.2, -0.15) is 5.26 Å². The summed E-state index contributed by atoms with van der Waals surface area (Å²) in [5.41, 5.74) is 2.90. The molecule has 0 saturated carbocycles. The van der Waals surface area contributed by atoms with Crippen LogP contribution in [0.4, 0.5) is 5.82 Å². The van der Waals surface area contributed by atoms with Crippen molar-refractivity contribution >= 4 is 21.7 Å². The lowest BCUT2D eigenvalue weighted by Gasteiger charge is -2.08. The molecule has 0 aliphatic rings. The van der Waals surface area contributed by atoms with Crippen LogP contribution in [0.2, 0.25) is 0 Å². The monoisotopic (exact) mass is 301 g/mol. The maximum absolute atomic E-state index is 8.72. The lowest BCUT2D eigenvalue weighted by atomic mass is 10.1. The average molecular weight is 302 g/mol. The predicted molar refractivity (Wildman–Crippen MR) is 75.2 cm³/mol. The first kappa shape index (κ1) is 12.6. The van der Waals surface area contributed by atoms with Crippen molar-refractivity contribution in [3.63, 3.8) is 0 Å². The van der Waals surface area contributed by atoms with Gasteiger partial charge >= 0.3 is 0 Å². The van der Waals surface area contributed by atoms with E-state index in [1.165, 1.54) is 0 Å². The number of benzene rings is 1. The molecular formula is C14H12BrN3. The van der Waals surface area contributed by atoms with Crippen LogP contribution in [0.5, 0.6) is 0 Å². The maximum Gasteiger partial charge on any atom is 0.129 e. The van der Waals surface area contributed by atoms with E-state index in [1.54, 1.807) is 6.20 Å². The second-order valence-corrected chi connectivity index (χ2v) is 4.90. The zero-order valence-electron chi connectivity index (χ0n) is 9.94. The summed E-state index contributed by atoms with van der Waals surface area (Å²) in [6.45, 7) is 2.71. The van der Waals surface area contributed by atoms with Gasteiger partial charge in [-0.15, -0.1) is 0 Å². The van der Waals surface area contributed by atoms with E-state index in [4.69, 9.17) is 5.26 Å². The molecule has 0 saturated heterocycles. The molecule has 0 amide bonds. The van der Waals surface area contributed by atoms with Crippen LogP contribution in [-0.2, 0) is 6.54 Å². The highest BCUT2D eigenvalue weighted by atomic mass is 79.9. The van der Waals surface area contributed by atoms with Crippen LogP contribution in [-0.4, -0.2) is 4.98 Å². The molecule has 90 valence electrons. The van der Waals surface area contributed by atoms with Gasteiger partial charge in [0, 0.05) is 17.2 Å². The lowest BCUT2D eigenvalue weighted by molar-refractivity contribution is 1.09. The minimum Gasteiger partial charge on any atom is -0.366 e. The van der Waals surface area contributed by atoms with Gasteiger partial charge in [-0.3, -0.25) is 0 Å². The average Bonchev–Trinajstić information content (AvgIpc) is 2.38. The standard InChI is InChI=1S/C14H12BrN3/c1-10-6-13(15)9-18-14(10)17-8-12-4-2-11(7-16)3-5-12/h2-6,9H,8H2,1H3,(H,17,18). The van der Waals surface area contributed by atoms with Crippen LogP contribution in [0.1, 0.15) is 16.7 Å². The van der Waals surface area contributed by atoms with Crippen molar-refractivity contribution in [1.82, 2.24) is 4.98 Å². The van der Waals surface area contributed by atoms with Crippen LogP contribution in [0.15, 0.2) is 41.0 Å². The van der Waals surface area contributed by atoms with Crippen LogP contribution in [0, 0.1) is 18.3 Å². The summed E-state index contributed by atoms with van der Waals surface area (Å²) < 4.78 is 0.976. The molecule has 1 heterocycles. The van der Waals surface area contributed by atoms with Gasteiger partial charge < -0.3 is 5.32 Å². The highest BCUT2D eigenvalue weighted by Gasteiger charge is 2.00. The molecule has 0 aliphatic carbocycles. The van der Waals surface area contributed by atoms with E-state index >= 15 is 0 Å². The number of nitriles is 1. The zero-order chi connectivity index (χ0) is 13.0. The largest absolute Gasteiger partial charge is 0.366 e. The number of aryl methyl sites for hydroxylation is 1. The Kier molecular flexibility index (Phi) is 3.96. The molecule has 3 nitrogen and oxygen atoms in total. The van der Waals surface area contributed by atoms with Crippen molar-refractivity contribution in [3.8, 4) is 6.07 Å². The summed E-state index contributed by atoms with van der Waals surface area (Å²) in [5.74, 6) is 0.877. The molecule has 2 aromatic rings. The molecule has 1 aromatic carbocycles. The summed E-state index contributed by atoms with van der Waals surface area (Å²) in [5, 5.41) is 12.0. The number of aromatic nitrogens is 1. The normalized spacial score (nSPS) is 9.83. The summed E-state index contributed by atoms with van der Waals surface area (Å²) in [4.78, 5) is 4.32. The van der Waals surface area contributed by atoms with E-state index in [2.05, 4.69) is 32.3 Å². The molecule has 0 bridgehead atoms. The molecule has 1 N–H and O–H groups in total. The molecule has 18 heavy (non-hydrogen) atoms. The molecule has 0 fully saturated rings. The summed E-state index contributed by atoms with van der Waals surface area (Å²) >= 11 is 3.39. The molecule has 0 radical (unpaired) electrons. The Morgan fingerprint density at radius 1 is 1.33 bits per heavy atom. The first-order chi connectivity index (χ1) is 8.69. The van der Waals surface area contributed by atoms with Gasteiger partial charge in [-0.1, -0.05) is 12.1 Å². The van der Waals surface area contributed by atoms with Crippen molar-refractivity contribution < 1.29 is 0 Å². The smallest absolute Gasteiger partial charge is 0.129 e. The van der Waals surface area contributed by atoms with Gasteiger partial charge in [0.05, 0.1) is 11.6 Å². The van der Waals surface area contributed by atoms with Crippen LogP contribution in [0.3, 0.4) is 0 Å². The molecular weight excluding hydrogens is 290 g/mol. The Labute approximate surface area is 115 Å². The Hall–Kier alpha value is -1.86. The van der Waals surface area contributed by atoms with Crippen LogP contribution < -0.4 is 5.32 Å². The number of anilines is 1. The second-order valence-electron chi connectivity index (χ2n) is 3.98. The van der Waals surface area contributed by atoms with Gasteiger partial charge in [0.25, 0.3) is 0 Å². The maximum atomic E-state index is 8.72. The van der Waals surface area contributed by atoms with Crippen LogP contribution in [0.25, 0.3) is 0 Å². The molecule has 0 spiro atoms. The van der Waals surface area contributed by atoms with E-state index in [-0.39, 0.29) is 0 Å². The Balaban J connectivity index is 2.04. The number of nitrogens with one attached hydrogen (secondary N) is 1. The fraction of sp³-hybridized carbons (Fsp3) is 0.143. The molecule has 0 atom stereocenters. The van der Waals surface area contributed by atoms with E-state index in [0.717, 1.165) is 21.4 Å². The first-order valence-corrected chi connectivity index (χ1v) is 6.33. The third-order valence-corrected chi connectivity index (χ3v) is 3.02. The Bertz CT molecular complexity index is 585. The third kappa shape index (κ3) is 3.08. The third-order valence-electron chi connectivity index (χ3n) is 2.59. The molecule has 1 aromatic heterocycles. The number of nitrogens with zero attached hydrogens (tertiary/aromatic N) is 2. The van der Waals surface area contributed by atoms with Crippen molar-refractivity contribution in [2.75, 3.05) is 5.32 Å². The molecule has 0 unspecified atom stereocenters. The van der Waals surface area contributed by atoms with Gasteiger partial charge in [0.15, 0.2) is 0 Å². The fourth-order valence-electron chi connectivity index (χ4n) is 1.61. The van der Waals surface area contributed by atoms with E-state index in [1.807, 2.05) is 37.3 Å². The SMILES string of the molecule is Cc1cc(Br)cnc1NCc1ccc(C#N)cc1. The second kappa shape index (κ2) is 5.65. The first-order valence-electron chi connectivity index (χ1n) is 5.54. The fourth-order valence-corrected chi connectivity index (χ4v) is 2.05. The topological polar surface area (TPSA) is 48.7 Å². The number of pyridine rings is 1. The summed E-state index contributed by atoms with van der Waals surface area (Å²) in [7, 11) is 0. The number of hydrogen-bond acceptors (Lipinski definition) is 3. The van der Waals surface area contributed by atoms with Crippen molar-refractivity contribution in [3.05, 3.63) is 57.7 Å². The number of halogens is 1. The van der Waals surface area contributed by atoms with Gasteiger partial charge in [-0.05, 0) is 52.2 Å². The van der Waals surface area contributed by atoms with Crippen molar-refractivity contribution in [2.45, 2.75) is 13.5 Å². The number of rotatable bonds is 3. The van der Waals surface area contributed by atoms with Crippen LogP contribution >= 0.6 is 15.9 Å². The summed E-state index contributed by atoms with van der Waals surface area (Å²) in [6, 6.07) is 11.7. The minimum absolute atomic E-state index is 0.677. The van der Waals surface area contributed by atoms with Gasteiger partial charge in [0.1, 0.15) is 5.82 Å².